The molecule has 0 aliphatic carbocycles. The van der Waals surface area contributed by atoms with Crippen molar-refractivity contribution in [1.29, 1.82) is 0 Å². The topological polar surface area (TPSA) is 60.1 Å². The van der Waals surface area contributed by atoms with E-state index in [4.69, 9.17) is 0 Å². The number of piperidine rings is 1. The molecule has 1 aliphatic rings. The Kier molecular flexibility index (Phi) is 4.11. The smallest absolute Gasteiger partial charge is 0.304 e. The molecule has 1 aliphatic heterocycles. The van der Waals surface area contributed by atoms with E-state index in [1.165, 1.54) is 4.57 Å². The van der Waals surface area contributed by atoms with Crippen molar-refractivity contribution in [1.82, 2.24) is 19.0 Å². The molecule has 0 saturated carbocycles. The minimum atomic E-state index is -0.480. The molecule has 24 heavy (non-hydrogen) atoms. The van der Waals surface area contributed by atoms with Crippen LogP contribution in [0.2, 0.25) is 0 Å². The van der Waals surface area contributed by atoms with E-state index in [2.05, 4.69) is 30.7 Å². The van der Waals surface area contributed by atoms with Crippen molar-refractivity contribution in [2.45, 2.75) is 52.1 Å². The van der Waals surface area contributed by atoms with Gasteiger partial charge >= 0.3 is 11.1 Å². The van der Waals surface area contributed by atoms with Gasteiger partial charge in [-0.3, -0.25) is 19.1 Å². The van der Waals surface area contributed by atoms with Gasteiger partial charge in [0, 0.05) is 37.4 Å². The van der Waals surface area contributed by atoms with Crippen LogP contribution in [0.4, 0.5) is 0 Å². The molecule has 130 valence electrons. The number of rotatable bonds is 1. The number of nitrogens with zero attached hydrogens (tertiary/aromatic N) is 4. The largest absolute Gasteiger partial charge is 0.318 e. The Morgan fingerprint density at radius 3 is 2.29 bits per heavy atom. The van der Waals surface area contributed by atoms with Gasteiger partial charge < -0.3 is 4.57 Å². The first-order chi connectivity index (χ1) is 11.2. The van der Waals surface area contributed by atoms with E-state index in [1.54, 1.807) is 11.6 Å². The Hall–Kier alpha value is -1.95. The first-order valence-corrected chi connectivity index (χ1v) is 8.54. The van der Waals surface area contributed by atoms with E-state index in [1.807, 2.05) is 19.1 Å². The average molecular weight is 330 g/mol. The fourth-order valence-electron chi connectivity index (χ4n) is 3.56. The van der Waals surface area contributed by atoms with Gasteiger partial charge in [-0.15, -0.1) is 0 Å². The lowest BCUT2D eigenvalue weighted by Crippen LogP contribution is -2.49. The van der Waals surface area contributed by atoms with E-state index in [0.29, 0.717) is 11.2 Å². The standard InChI is InChI=1S/C18H26N4O2/c1-12-6-7-14-15(19-12)22(17(24)16(23)20(14)5)13-8-10-21(11-9-13)18(2,3)4/h6-7,13H,8-11H2,1-5H3. The third-order valence-corrected chi connectivity index (χ3v) is 5.07. The summed E-state index contributed by atoms with van der Waals surface area (Å²) < 4.78 is 3.05. The van der Waals surface area contributed by atoms with Crippen LogP contribution in [0.25, 0.3) is 11.2 Å². The maximum absolute atomic E-state index is 12.7. The van der Waals surface area contributed by atoms with Crippen LogP contribution < -0.4 is 11.1 Å². The maximum atomic E-state index is 12.7. The number of likely N-dealkylation sites (tertiary alicyclic amines) is 1. The molecule has 0 radical (unpaired) electrons. The van der Waals surface area contributed by atoms with Gasteiger partial charge in [-0.2, -0.15) is 0 Å². The van der Waals surface area contributed by atoms with Gasteiger partial charge in [0.1, 0.15) is 0 Å². The summed E-state index contributed by atoms with van der Waals surface area (Å²) in [4.78, 5) is 32.0. The fraction of sp³-hybridized carbons (Fsp3) is 0.611. The quantitative estimate of drug-likeness (QED) is 0.749. The van der Waals surface area contributed by atoms with Gasteiger partial charge in [0.2, 0.25) is 0 Å². The second kappa shape index (κ2) is 5.84. The summed E-state index contributed by atoms with van der Waals surface area (Å²) >= 11 is 0. The van der Waals surface area contributed by atoms with Crippen molar-refractivity contribution in [3.05, 3.63) is 38.5 Å². The van der Waals surface area contributed by atoms with Crippen LogP contribution in [0.1, 0.15) is 45.3 Å². The summed E-state index contributed by atoms with van der Waals surface area (Å²) in [6.45, 7) is 10.4. The fourth-order valence-corrected chi connectivity index (χ4v) is 3.56. The number of hydrogen-bond acceptors (Lipinski definition) is 4. The van der Waals surface area contributed by atoms with Gasteiger partial charge in [-0.05, 0) is 52.7 Å². The van der Waals surface area contributed by atoms with Crippen molar-refractivity contribution in [3.8, 4) is 0 Å². The molecule has 2 aromatic rings. The van der Waals surface area contributed by atoms with E-state index < -0.39 is 11.1 Å². The Balaban J connectivity index is 2.09. The van der Waals surface area contributed by atoms with Gasteiger partial charge in [-0.25, -0.2) is 4.98 Å². The minimum absolute atomic E-state index is 0.0294. The molecule has 0 bridgehead atoms. The molecule has 6 nitrogen and oxygen atoms in total. The summed E-state index contributed by atoms with van der Waals surface area (Å²) in [6, 6.07) is 3.78. The zero-order valence-electron chi connectivity index (χ0n) is 15.2. The predicted octanol–water partition coefficient (Wildman–Crippen LogP) is 1.84. The number of fused-ring (bicyclic) bond motifs is 1. The van der Waals surface area contributed by atoms with Crippen molar-refractivity contribution in [3.63, 3.8) is 0 Å². The number of aryl methyl sites for hydroxylation is 2. The third-order valence-electron chi connectivity index (χ3n) is 5.07. The lowest BCUT2D eigenvalue weighted by Gasteiger charge is -2.41. The molecular weight excluding hydrogens is 304 g/mol. The van der Waals surface area contributed by atoms with Crippen molar-refractivity contribution >= 4 is 11.2 Å². The van der Waals surface area contributed by atoms with E-state index >= 15 is 0 Å². The maximum Gasteiger partial charge on any atom is 0.318 e. The molecule has 0 spiro atoms. The highest BCUT2D eigenvalue weighted by Crippen LogP contribution is 2.27. The van der Waals surface area contributed by atoms with Crippen LogP contribution in [-0.2, 0) is 7.05 Å². The highest BCUT2D eigenvalue weighted by Gasteiger charge is 2.29. The highest BCUT2D eigenvalue weighted by molar-refractivity contribution is 5.71. The Labute approximate surface area is 141 Å². The van der Waals surface area contributed by atoms with Crippen molar-refractivity contribution < 1.29 is 0 Å². The molecule has 3 heterocycles. The highest BCUT2D eigenvalue weighted by atomic mass is 16.2. The van der Waals surface area contributed by atoms with Crippen molar-refractivity contribution in [2.24, 2.45) is 7.05 Å². The molecule has 3 rings (SSSR count). The average Bonchev–Trinajstić information content (AvgIpc) is 2.52. The van der Waals surface area contributed by atoms with Crippen molar-refractivity contribution in [2.75, 3.05) is 13.1 Å². The second-order valence-corrected chi connectivity index (χ2v) is 7.72. The van der Waals surface area contributed by atoms with Crippen LogP contribution >= 0.6 is 0 Å². The molecule has 6 heteroatoms. The minimum Gasteiger partial charge on any atom is -0.304 e. The van der Waals surface area contributed by atoms with Gasteiger partial charge in [0.05, 0.1) is 5.52 Å². The van der Waals surface area contributed by atoms with Gasteiger partial charge in [0.25, 0.3) is 0 Å². The van der Waals surface area contributed by atoms with Gasteiger partial charge in [0.15, 0.2) is 5.65 Å². The molecule has 0 aromatic carbocycles. The SMILES string of the molecule is Cc1ccc2c(n1)n(C1CCN(C(C)(C)C)CC1)c(=O)c(=O)n2C. The van der Waals surface area contributed by atoms with Crippen LogP contribution in [0.5, 0.6) is 0 Å². The molecule has 1 saturated heterocycles. The monoisotopic (exact) mass is 330 g/mol. The number of hydrogen-bond donors (Lipinski definition) is 0. The molecular formula is C18H26N4O2. The molecule has 2 aromatic heterocycles. The summed E-state index contributed by atoms with van der Waals surface area (Å²) in [5, 5.41) is 0. The van der Waals surface area contributed by atoms with Crippen LogP contribution in [0, 0.1) is 6.92 Å². The normalized spacial score (nSPS) is 17.5. The zero-order chi connectivity index (χ0) is 17.6. The molecule has 0 unspecified atom stereocenters. The summed E-state index contributed by atoms with van der Waals surface area (Å²) in [5.74, 6) is 0. The molecule has 0 atom stereocenters. The Bertz CT molecular complexity index is 881. The summed E-state index contributed by atoms with van der Waals surface area (Å²) in [6.07, 6.45) is 1.71. The van der Waals surface area contributed by atoms with Crippen LogP contribution in [0.15, 0.2) is 21.7 Å². The predicted molar refractivity (Wildman–Crippen MR) is 95.6 cm³/mol. The number of aromatic nitrogens is 3. The van der Waals surface area contributed by atoms with E-state index in [9.17, 15) is 9.59 Å². The molecule has 0 N–H and O–H groups in total. The second-order valence-electron chi connectivity index (χ2n) is 7.72. The van der Waals surface area contributed by atoms with Crippen LogP contribution in [0.3, 0.4) is 0 Å². The summed E-state index contributed by atoms with van der Waals surface area (Å²) in [7, 11) is 1.63. The van der Waals surface area contributed by atoms with Crippen LogP contribution in [-0.4, -0.2) is 37.6 Å². The first kappa shape index (κ1) is 16.9. The van der Waals surface area contributed by atoms with E-state index in [0.717, 1.165) is 31.6 Å². The molecule has 1 fully saturated rings. The summed E-state index contributed by atoms with van der Waals surface area (Å²) in [5.41, 5.74) is 1.37. The Morgan fingerprint density at radius 1 is 1.08 bits per heavy atom. The lowest BCUT2D eigenvalue weighted by molar-refractivity contribution is 0.0897. The zero-order valence-corrected chi connectivity index (χ0v) is 15.2. The Morgan fingerprint density at radius 2 is 1.71 bits per heavy atom. The molecule has 0 amide bonds. The van der Waals surface area contributed by atoms with Gasteiger partial charge in [-0.1, -0.05) is 0 Å². The number of pyridine rings is 1. The first-order valence-electron chi connectivity index (χ1n) is 8.54. The third kappa shape index (κ3) is 2.79. The van der Waals surface area contributed by atoms with E-state index in [-0.39, 0.29) is 11.6 Å². The lowest BCUT2D eigenvalue weighted by atomic mass is 9.98.